The van der Waals surface area contributed by atoms with Gasteiger partial charge in [-0.2, -0.15) is 5.10 Å². The first-order chi connectivity index (χ1) is 12.4. The lowest BCUT2D eigenvalue weighted by molar-refractivity contribution is -0.138. The van der Waals surface area contributed by atoms with E-state index in [1.807, 2.05) is 19.1 Å². The van der Waals surface area contributed by atoms with Gasteiger partial charge in [-0.25, -0.2) is 0 Å². The molecule has 0 bridgehead atoms. The van der Waals surface area contributed by atoms with Crippen molar-refractivity contribution in [2.24, 2.45) is 0 Å². The minimum Gasteiger partial charge on any atom is -0.479 e. The number of amides is 1. The summed E-state index contributed by atoms with van der Waals surface area (Å²) in [7, 11) is 0. The van der Waals surface area contributed by atoms with E-state index in [4.69, 9.17) is 27.9 Å². The van der Waals surface area contributed by atoms with E-state index in [0.717, 1.165) is 11.5 Å². The van der Waals surface area contributed by atoms with Gasteiger partial charge < -0.3 is 14.5 Å². The summed E-state index contributed by atoms with van der Waals surface area (Å²) >= 11 is 12.0. The molecule has 1 saturated heterocycles. The lowest BCUT2D eigenvalue weighted by Gasteiger charge is -2.36. The molecule has 6 nitrogen and oxygen atoms in total. The maximum atomic E-state index is 12.7. The Hall–Kier alpha value is -2.05. The van der Waals surface area contributed by atoms with E-state index in [-0.39, 0.29) is 5.91 Å². The van der Waals surface area contributed by atoms with E-state index < -0.39 is 6.10 Å². The zero-order chi connectivity index (χ0) is 18.7. The molecular formula is C18H20Cl2N4O2. The number of piperazine rings is 1. The first kappa shape index (κ1) is 18.7. The molecule has 0 N–H and O–H groups in total. The second-order valence-corrected chi connectivity index (χ2v) is 7.02. The Balaban J connectivity index is 1.56. The van der Waals surface area contributed by atoms with Crippen LogP contribution in [0.2, 0.25) is 10.0 Å². The molecular weight excluding hydrogens is 375 g/mol. The van der Waals surface area contributed by atoms with Crippen molar-refractivity contribution in [2.75, 3.05) is 31.1 Å². The van der Waals surface area contributed by atoms with Crippen LogP contribution in [-0.4, -0.2) is 53.3 Å². The van der Waals surface area contributed by atoms with Crippen molar-refractivity contribution in [1.29, 1.82) is 0 Å². The Morgan fingerprint density at radius 1 is 1.12 bits per heavy atom. The van der Waals surface area contributed by atoms with Crippen LogP contribution >= 0.6 is 23.2 Å². The number of carbonyl (C=O) groups is 1. The monoisotopic (exact) mass is 394 g/mol. The van der Waals surface area contributed by atoms with Crippen molar-refractivity contribution in [2.45, 2.75) is 20.0 Å². The number of nitrogens with zero attached hydrogens (tertiary/aromatic N) is 4. The quantitative estimate of drug-likeness (QED) is 0.796. The number of ether oxygens (including phenoxy) is 1. The summed E-state index contributed by atoms with van der Waals surface area (Å²) < 4.78 is 5.72. The number of hydrogen-bond acceptors (Lipinski definition) is 5. The van der Waals surface area contributed by atoms with E-state index in [9.17, 15) is 4.79 Å². The first-order valence-electron chi connectivity index (χ1n) is 8.40. The van der Waals surface area contributed by atoms with Gasteiger partial charge in [0.05, 0.1) is 10.7 Å². The van der Waals surface area contributed by atoms with Gasteiger partial charge in [0.25, 0.3) is 5.91 Å². The predicted octanol–water partition coefficient (Wildman–Crippen LogP) is 3.21. The van der Waals surface area contributed by atoms with Crippen molar-refractivity contribution in [3.05, 3.63) is 46.1 Å². The summed E-state index contributed by atoms with van der Waals surface area (Å²) in [6, 6.07) is 8.83. The van der Waals surface area contributed by atoms with Gasteiger partial charge >= 0.3 is 0 Å². The third-order valence-electron chi connectivity index (χ3n) is 4.24. The Morgan fingerprint density at radius 2 is 1.85 bits per heavy atom. The average molecular weight is 395 g/mol. The van der Waals surface area contributed by atoms with Crippen LogP contribution in [0.25, 0.3) is 0 Å². The number of halogens is 2. The van der Waals surface area contributed by atoms with Gasteiger partial charge in [-0.15, -0.1) is 5.10 Å². The minimum atomic E-state index is -0.626. The largest absolute Gasteiger partial charge is 0.479 e. The SMILES string of the molecule is Cc1ccc(N2CCN(C(=O)C(C)Oc3ccc(Cl)cc3Cl)CC2)nn1. The topological polar surface area (TPSA) is 58.6 Å². The molecule has 0 aliphatic carbocycles. The molecule has 26 heavy (non-hydrogen) atoms. The second-order valence-electron chi connectivity index (χ2n) is 6.18. The normalized spacial score (nSPS) is 15.7. The summed E-state index contributed by atoms with van der Waals surface area (Å²) in [5.41, 5.74) is 0.884. The van der Waals surface area contributed by atoms with Gasteiger partial charge in [-0.1, -0.05) is 23.2 Å². The highest BCUT2D eigenvalue weighted by Crippen LogP contribution is 2.28. The highest BCUT2D eigenvalue weighted by Gasteiger charge is 2.27. The van der Waals surface area contributed by atoms with E-state index in [1.54, 1.807) is 30.0 Å². The minimum absolute atomic E-state index is 0.0642. The molecule has 1 unspecified atom stereocenters. The Bertz CT molecular complexity index is 777. The highest BCUT2D eigenvalue weighted by molar-refractivity contribution is 6.35. The zero-order valence-corrected chi connectivity index (χ0v) is 16.2. The van der Waals surface area contributed by atoms with Crippen LogP contribution in [-0.2, 0) is 4.79 Å². The predicted molar refractivity (Wildman–Crippen MR) is 102 cm³/mol. The van der Waals surface area contributed by atoms with Crippen LogP contribution in [0.3, 0.4) is 0 Å². The van der Waals surface area contributed by atoms with Crippen LogP contribution in [0.5, 0.6) is 5.75 Å². The lowest BCUT2D eigenvalue weighted by atomic mass is 10.2. The molecule has 138 valence electrons. The lowest BCUT2D eigenvalue weighted by Crippen LogP contribution is -2.52. The first-order valence-corrected chi connectivity index (χ1v) is 9.15. The van der Waals surface area contributed by atoms with Crippen LogP contribution in [0.4, 0.5) is 5.82 Å². The number of anilines is 1. The molecule has 8 heteroatoms. The third-order valence-corrected chi connectivity index (χ3v) is 4.78. The summed E-state index contributed by atoms with van der Waals surface area (Å²) in [5.74, 6) is 1.22. The number of carbonyl (C=O) groups excluding carboxylic acids is 1. The highest BCUT2D eigenvalue weighted by atomic mass is 35.5. The molecule has 3 rings (SSSR count). The van der Waals surface area contributed by atoms with Crippen LogP contribution in [0, 0.1) is 6.92 Å². The van der Waals surface area contributed by atoms with Crippen molar-refractivity contribution in [3.63, 3.8) is 0 Å². The van der Waals surface area contributed by atoms with Gasteiger partial charge in [0.2, 0.25) is 0 Å². The van der Waals surface area contributed by atoms with Crippen LogP contribution in [0.15, 0.2) is 30.3 Å². The zero-order valence-electron chi connectivity index (χ0n) is 14.7. The average Bonchev–Trinajstić information content (AvgIpc) is 2.64. The van der Waals surface area contributed by atoms with Gasteiger partial charge in [0.15, 0.2) is 11.9 Å². The van der Waals surface area contributed by atoms with Gasteiger partial charge in [-0.05, 0) is 44.2 Å². The second kappa shape index (κ2) is 8.10. The molecule has 0 spiro atoms. The van der Waals surface area contributed by atoms with E-state index in [2.05, 4.69) is 15.1 Å². The molecule has 0 radical (unpaired) electrons. The smallest absolute Gasteiger partial charge is 0.263 e. The molecule has 2 aromatic rings. The van der Waals surface area contributed by atoms with Gasteiger partial charge in [0, 0.05) is 31.2 Å². The van der Waals surface area contributed by atoms with Crippen LogP contribution in [0.1, 0.15) is 12.6 Å². The van der Waals surface area contributed by atoms with Gasteiger partial charge in [-0.3, -0.25) is 4.79 Å². The van der Waals surface area contributed by atoms with Crippen molar-refractivity contribution < 1.29 is 9.53 Å². The molecule has 1 amide bonds. The number of benzene rings is 1. The maximum absolute atomic E-state index is 12.7. The third kappa shape index (κ3) is 4.37. The van der Waals surface area contributed by atoms with E-state index >= 15 is 0 Å². The molecule has 0 saturated carbocycles. The number of aromatic nitrogens is 2. The van der Waals surface area contributed by atoms with Crippen molar-refractivity contribution in [3.8, 4) is 5.75 Å². The Morgan fingerprint density at radius 3 is 2.46 bits per heavy atom. The fraction of sp³-hybridized carbons (Fsp3) is 0.389. The number of aryl methyl sites for hydroxylation is 1. The van der Waals surface area contributed by atoms with Crippen molar-refractivity contribution in [1.82, 2.24) is 15.1 Å². The fourth-order valence-electron chi connectivity index (χ4n) is 2.79. The molecule has 1 aromatic carbocycles. The van der Waals surface area contributed by atoms with Gasteiger partial charge in [0.1, 0.15) is 5.75 Å². The summed E-state index contributed by atoms with van der Waals surface area (Å²) in [4.78, 5) is 16.6. The molecule has 1 fully saturated rings. The molecule has 1 atom stereocenters. The van der Waals surface area contributed by atoms with Crippen LogP contribution < -0.4 is 9.64 Å². The Kier molecular flexibility index (Phi) is 5.84. The Labute approximate surface area is 162 Å². The maximum Gasteiger partial charge on any atom is 0.263 e. The van der Waals surface area contributed by atoms with E-state index in [0.29, 0.717) is 42.0 Å². The number of hydrogen-bond donors (Lipinski definition) is 0. The summed E-state index contributed by atoms with van der Waals surface area (Å²) in [6.45, 7) is 6.26. The molecule has 1 aliphatic heterocycles. The molecule has 1 aromatic heterocycles. The van der Waals surface area contributed by atoms with E-state index in [1.165, 1.54) is 0 Å². The molecule has 2 heterocycles. The number of rotatable bonds is 4. The summed E-state index contributed by atoms with van der Waals surface area (Å²) in [5, 5.41) is 9.20. The van der Waals surface area contributed by atoms with Crippen molar-refractivity contribution >= 4 is 34.9 Å². The standard InChI is InChI=1S/C18H20Cl2N4O2/c1-12-3-6-17(22-21-12)23-7-9-24(10-8-23)18(25)13(2)26-16-5-4-14(19)11-15(16)20/h3-6,11,13H,7-10H2,1-2H3. The fourth-order valence-corrected chi connectivity index (χ4v) is 3.24. The molecule has 1 aliphatic rings. The summed E-state index contributed by atoms with van der Waals surface area (Å²) in [6.07, 6.45) is -0.626.